The average molecular weight is 285 g/mol. The van der Waals surface area contributed by atoms with Crippen molar-refractivity contribution in [3.05, 3.63) is 4.88 Å². The molecule has 108 valence electrons. The summed E-state index contributed by atoms with van der Waals surface area (Å²) in [6.07, 6.45) is 0.911. The van der Waals surface area contributed by atoms with E-state index in [-0.39, 0.29) is 11.9 Å². The second-order valence-electron chi connectivity index (χ2n) is 4.72. The first-order valence-electron chi connectivity index (χ1n) is 6.38. The van der Waals surface area contributed by atoms with Gasteiger partial charge in [0, 0.05) is 19.6 Å². The van der Waals surface area contributed by atoms with Crippen LogP contribution < -0.4 is 16.4 Å². The van der Waals surface area contributed by atoms with Gasteiger partial charge in [-0.1, -0.05) is 11.3 Å². The molecule has 1 heterocycles. The summed E-state index contributed by atoms with van der Waals surface area (Å²) in [7, 11) is 3.68. The number of amides is 1. The third kappa shape index (κ3) is 4.68. The third-order valence-electron chi connectivity index (χ3n) is 2.53. The number of hydrogen-bond acceptors (Lipinski definition) is 6. The topological polar surface area (TPSA) is 83.3 Å². The van der Waals surface area contributed by atoms with E-state index in [4.69, 9.17) is 5.73 Å². The van der Waals surface area contributed by atoms with Gasteiger partial charge in [-0.05, 0) is 33.9 Å². The van der Waals surface area contributed by atoms with Crippen LogP contribution in [0.1, 0.15) is 29.9 Å². The minimum absolute atomic E-state index is 0.0668. The number of aromatic nitrogens is 1. The lowest BCUT2D eigenvalue weighted by atomic mass is 10.3. The third-order valence-corrected chi connectivity index (χ3v) is 3.52. The van der Waals surface area contributed by atoms with E-state index < -0.39 is 0 Å². The van der Waals surface area contributed by atoms with Crippen LogP contribution in [-0.4, -0.2) is 49.0 Å². The van der Waals surface area contributed by atoms with Gasteiger partial charge in [0.15, 0.2) is 5.13 Å². The number of nitrogens with zero attached hydrogens (tertiary/aromatic N) is 2. The lowest BCUT2D eigenvalue weighted by Crippen LogP contribution is -2.29. The van der Waals surface area contributed by atoms with Gasteiger partial charge in [0.05, 0.1) is 0 Å². The standard InChI is InChI=1S/C12H23N5OS/c1-8(2)15-12-16-10(13)9(19-12)11(18)17(4)7-5-6-14-3/h8,14H,5-7,13H2,1-4H3,(H,15,16). The summed E-state index contributed by atoms with van der Waals surface area (Å²) in [5.41, 5.74) is 5.81. The summed E-state index contributed by atoms with van der Waals surface area (Å²) in [6, 6.07) is 0.266. The highest BCUT2D eigenvalue weighted by Gasteiger charge is 2.19. The van der Waals surface area contributed by atoms with E-state index in [1.54, 1.807) is 11.9 Å². The highest BCUT2D eigenvalue weighted by molar-refractivity contribution is 7.18. The van der Waals surface area contributed by atoms with E-state index in [0.717, 1.165) is 13.0 Å². The molecular formula is C12H23N5OS. The molecule has 0 bridgehead atoms. The summed E-state index contributed by atoms with van der Waals surface area (Å²) in [4.78, 5) is 18.6. The average Bonchev–Trinajstić information content (AvgIpc) is 2.68. The first-order valence-corrected chi connectivity index (χ1v) is 7.20. The fourth-order valence-corrected chi connectivity index (χ4v) is 2.59. The monoisotopic (exact) mass is 285 g/mol. The summed E-state index contributed by atoms with van der Waals surface area (Å²) in [5.74, 6) is 0.238. The van der Waals surface area contributed by atoms with Gasteiger partial charge < -0.3 is 21.3 Å². The van der Waals surface area contributed by atoms with Crippen LogP contribution in [-0.2, 0) is 0 Å². The summed E-state index contributed by atoms with van der Waals surface area (Å²) >= 11 is 1.31. The van der Waals surface area contributed by atoms with Crippen molar-refractivity contribution < 1.29 is 4.79 Å². The van der Waals surface area contributed by atoms with E-state index in [1.165, 1.54) is 11.3 Å². The second kappa shape index (κ2) is 7.30. The maximum Gasteiger partial charge on any atom is 0.267 e. The summed E-state index contributed by atoms with van der Waals surface area (Å²) in [5, 5.41) is 6.91. The van der Waals surface area contributed by atoms with E-state index in [9.17, 15) is 4.79 Å². The number of carbonyl (C=O) groups excluding carboxylic acids is 1. The quantitative estimate of drug-likeness (QED) is 0.656. The van der Waals surface area contributed by atoms with Crippen LogP contribution in [0.5, 0.6) is 0 Å². The molecule has 0 saturated carbocycles. The lowest BCUT2D eigenvalue weighted by molar-refractivity contribution is 0.0799. The molecule has 7 heteroatoms. The van der Waals surface area contributed by atoms with Gasteiger partial charge >= 0.3 is 0 Å². The number of nitrogens with two attached hydrogens (primary N) is 1. The van der Waals surface area contributed by atoms with E-state index in [0.29, 0.717) is 22.4 Å². The van der Waals surface area contributed by atoms with Gasteiger partial charge in [-0.3, -0.25) is 4.79 Å². The second-order valence-corrected chi connectivity index (χ2v) is 5.72. The molecule has 1 aromatic rings. The maximum absolute atomic E-state index is 12.2. The Morgan fingerprint density at radius 2 is 2.21 bits per heavy atom. The zero-order valence-electron chi connectivity index (χ0n) is 12.0. The Morgan fingerprint density at radius 1 is 1.53 bits per heavy atom. The fraction of sp³-hybridized carbons (Fsp3) is 0.667. The molecule has 0 aliphatic heterocycles. The van der Waals surface area contributed by atoms with Crippen LogP contribution in [0.3, 0.4) is 0 Å². The van der Waals surface area contributed by atoms with Crippen LogP contribution >= 0.6 is 11.3 Å². The molecule has 1 amide bonds. The van der Waals surface area contributed by atoms with Gasteiger partial charge in [-0.15, -0.1) is 0 Å². The highest BCUT2D eigenvalue weighted by Crippen LogP contribution is 2.26. The van der Waals surface area contributed by atoms with Crippen molar-refractivity contribution in [2.75, 3.05) is 38.2 Å². The molecule has 4 N–H and O–H groups in total. The number of nitrogens with one attached hydrogen (secondary N) is 2. The van der Waals surface area contributed by atoms with Crippen molar-refractivity contribution in [2.45, 2.75) is 26.3 Å². The first kappa shape index (κ1) is 15.7. The fourth-order valence-electron chi connectivity index (χ4n) is 1.56. The molecule has 0 saturated heterocycles. The van der Waals surface area contributed by atoms with Gasteiger partial charge in [0.2, 0.25) is 0 Å². The molecule has 6 nitrogen and oxygen atoms in total. The molecule has 0 aliphatic carbocycles. The van der Waals surface area contributed by atoms with Crippen LogP contribution in [0.2, 0.25) is 0 Å². The number of hydrogen-bond donors (Lipinski definition) is 3. The Morgan fingerprint density at radius 3 is 2.79 bits per heavy atom. The maximum atomic E-state index is 12.2. The first-order chi connectivity index (χ1) is 8.95. The van der Waals surface area contributed by atoms with Crippen molar-refractivity contribution in [2.24, 2.45) is 0 Å². The largest absolute Gasteiger partial charge is 0.382 e. The molecule has 0 aromatic carbocycles. The molecule has 19 heavy (non-hydrogen) atoms. The van der Waals surface area contributed by atoms with Gasteiger partial charge in [0.25, 0.3) is 5.91 Å². The zero-order valence-corrected chi connectivity index (χ0v) is 12.8. The highest BCUT2D eigenvalue weighted by atomic mass is 32.1. The predicted molar refractivity (Wildman–Crippen MR) is 80.8 cm³/mol. The van der Waals surface area contributed by atoms with Crippen LogP contribution in [0.15, 0.2) is 0 Å². The van der Waals surface area contributed by atoms with Crippen molar-refractivity contribution in [3.63, 3.8) is 0 Å². The van der Waals surface area contributed by atoms with Crippen molar-refractivity contribution >= 4 is 28.2 Å². The molecule has 0 fully saturated rings. The number of thiazole rings is 1. The number of anilines is 2. The molecule has 0 atom stereocenters. The van der Waals surface area contributed by atoms with Gasteiger partial charge in [0.1, 0.15) is 10.7 Å². The molecule has 0 unspecified atom stereocenters. The number of rotatable bonds is 7. The Bertz CT molecular complexity index is 418. The van der Waals surface area contributed by atoms with E-state index >= 15 is 0 Å². The molecular weight excluding hydrogens is 262 g/mol. The Balaban J connectivity index is 2.68. The molecule has 1 rings (SSSR count). The molecule has 1 aromatic heterocycles. The Kier molecular flexibility index (Phi) is 6.04. The van der Waals surface area contributed by atoms with Gasteiger partial charge in [-0.25, -0.2) is 4.98 Å². The molecule has 0 aliphatic rings. The van der Waals surface area contributed by atoms with Gasteiger partial charge in [-0.2, -0.15) is 0 Å². The minimum Gasteiger partial charge on any atom is -0.382 e. The lowest BCUT2D eigenvalue weighted by Gasteiger charge is -2.15. The van der Waals surface area contributed by atoms with Crippen molar-refractivity contribution in [1.29, 1.82) is 0 Å². The molecule has 0 spiro atoms. The van der Waals surface area contributed by atoms with Crippen molar-refractivity contribution in [3.8, 4) is 0 Å². The van der Waals surface area contributed by atoms with E-state index in [2.05, 4.69) is 15.6 Å². The van der Waals surface area contributed by atoms with Crippen LogP contribution in [0.4, 0.5) is 10.9 Å². The molecule has 0 radical (unpaired) electrons. The Hall–Kier alpha value is -1.34. The Labute approximate surface area is 118 Å². The SMILES string of the molecule is CNCCCN(C)C(=O)c1sc(NC(C)C)nc1N. The van der Waals surface area contributed by atoms with E-state index in [1.807, 2.05) is 20.9 Å². The van der Waals surface area contributed by atoms with Crippen LogP contribution in [0.25, 0.3) is 0 Å². The smallest absolute Gasteiger partial charge is 0.267 e. The zero-order chi connectivity index (χ0) is 14.4. The van der Waals surface area contributed by atoms with Crippen molar-refractivity contribution in [1.82, 2.24) is 15.2 Å². The predicted octanol–water partition coefficient (Wildman–Crippen LogP) is 1.23. The number of carbonyl (C=O) groups is 1. The summed E-state index contributed by atoms with van der Waals surface area (Å²) < 4.78 is 0. The minimum atomic E-state index is -0.0668. The summed E-state index contributed by atoms with van der Waals surface area (Å²) in [6.45, 7) is 5.62. The van der Waals surface area contributed by atoms with Crippen LogP contribution in [0, 0.1) is 0 Å². The number of nitrogen functional groups attached to an aromatic ring is 1. The normalized spacial score (nSPS) is 10.8.